The Bertz CT molecular complexity index is 1160. The molecule has 0 aromatic heterocycles. The molecule has 0 aliphatic heterocycles. The summed E-state index contributed by atoms with van der Waals surface area (Å²) in [7, 11) is -3.68. The molecular weight excluding hydrogens is 487 g/mol. The van der Waals surface area contributed by atoms with E-state index in [-0.39, 0.29) is 10.8 Å². The van der Waals surface area contributed by atoms with Gasteiger partial charge in [0.15, 0.2) is 0 Å². The van der Waals surface area contributed by atoms with Gasteiger partial charge in [0, 0.05) is 39.3 Å². The molecule has 32 heavy (non-hydrogen) atoms. The van der Waals surface area contributed by atoms with E-state index in [0.29, 0.717) is 39.3 Å². The van der Waals surface area contributed by atoms with Crippen molar-refractivity contribution in [2.75, 3.05) is 17.0 Å². The van der Waals surface area contributed by atoms with Gasteiger partial charge in [0.1, 0.15) is 0 Å². The van der Waals surface area contributed by atoms with Crippen LogP contribution >= 0.6 is 35.0 Å². The molecule has 0 spiro atoms. The van der Waals surface area contributed by atoms with Crippen molar-refractivity contribution in [1.82, 2.24) is 5.32 Å². The van der Waals surface area contributed by atoms with Gasteiger partial charge in [-0.05, 0) is 61.0 Å². The largest absolute Gasteiger partial charge is 0.351 e. The van der Waals surface area contributed by atoms with Gasteiger partial charge < -0.3 is 5.32 Å². The molecule has 0 saturated carbocycles. The summed E-state index contributed by atoms with van der Waals surface area (Å²) in [6.07, 6.45) is 0. The van der Waals surface area contributed by atoms with Crippen molar-refractivity contribution >= 4 is 56.6 Å². The molecule has 0 bridgehead atoms. The van der Waals surface area contributed by atoms with E-state index in [1.807, 2.05) is 6.92 Å². The summed E-state index contributed by atoms with van der Waals surface area (Å²) in [6, 6.07) is 18.3. The Morgan fingerprint density at radius 3 is 2.19 bits per heavy atom. The molecule has 0 saturated heterocycles. The number of amides is 1. The third-order valence-corrected chi connectivity index (χ3v) is 7.66. The van der Waals surface area contributed by atoms with Crippen LogP contribution in [0.2, 0.25) is 10.0 Å². The average Bonchev–Trinajstić information content (AvgIpc) is 2.75. The van der Waals surface area contributed by atoms with Crippen LogP contribution in [0, 0.1) is 6.92 Å². The highest BCUT2D eigenvalue weighted by Crippen LogP contribution is 2.28. The molecule has 168 valence electrons. The van der Waals surface area contributed by atoms with Crippen molar-refractivity contribution in [3.8, 4) is 0 Å². The van der Waals surface area contributed by atoms with Gasteiger partial charge in [-0.3, -0.25) is 9.52 Å². The molecule has 0 radical (unpaired) electrons. The zero-order valence-corrected chi connectivity index (χ0v) is 20.4. The lowest BCUT2D eigenvalue weighted by Gasteiger charge is -2.10. The Balaban J connectivity index is 1.48. The van der Waals surface area contributed by atoms with Gasteiger partial charge in [-0.15, -0.1) is 0 Å². The van der Waals surface area contributed by atoms with Gasteiger partial charge in [0.2, 0.25) is 0 Å². The molecule has 0 unspecified atom stereocenters. The van der Waals surface area contributed by atoms with E-state index in [4.69, 9.17) is 23.2 Å². The van der Waals surface area contributed by atoms with Crippen molar-refractivity contribution in [2.24, 2.45) is 0 Å². The molecule has 1 amide bonds. The van der Waals surface area contributed by atoms with Crippen LogP contribution < -0.4 is 10.0 Å². The minimum absolute atomic E-state index is 0.181. The number of carbonyl (C=O) groups is 1. The van der Waals surface area contributed by atoms with Gasteiger partial charge in [0.05, 0.1) is 4.90 Å². The Labute approximate surface area is 202 Å². The monoisotopic (exact) mass is 508 g/mol. The fourth-order valence-corrected chi connectivity index (χ4v) is 5.46. The minimum atomic E-state index is -3.68. The van der Waals surface area contributed by atoms with Crippen molar-refractivity contribution in [3.63, 3.8) is 0 Å². The zero-order chi connectivity index (χ0) is 23.1. The average molecular weight is 509 g/mol. The third-order valence-electron chi connectivity index (χ3n) is 4.57. The molecule has 3 aromatic rings. The van der Waals surface area contributed by atoms with Crippen molar-refractivity contribution < 1.29 is 13.2 Å². The van der Waals surface area contributed by atoms with E-state index in [0.717, 1.165) is 11.1 Å². The highest BCUT2D eigenvalue weighted by molar-refractivity contribution is 7.98. The van der Waals surface area contributed by atoms with Crippen LogP contribution in [0.3, 0.4) is 0 Å². The molecule has 0 aliphatic rings. The summed E-state index contributed by atoms with van der Waals surface area (Å²) in [4.78, 5) is 12.5. The maximum atomic E-state index is 12.5. The predicted octanol–water partition coefficient (Wildman–Crippen LogP) is 5.77. The minimum Gasteiger partial charge on any atom is -0.351 e. The first-order valence-electron chi connectivity index (χ1n) is 9.74. The molecule has 3 aromatic carbocycles. The predicted molar refractivity (Wildman–Crippen MR) is 133 cm³/mol. The Morgan fingerprint density at radius 2 is 1.56 bits per heavy atom. The second-order valence-electron chi connectivity index (χ2n) is 7.00. The number of sulfonamides is 1. The van der Waals surface area contributed by atoms with Crippen LogP contribution in [-0.4, -0.2) is 26.6 Å². The third kappa shape index (κ3) is 6.65. The van der Waals surface area contributed by atoms with Gasteiger partial charge in [-0.1, -0.05) is 47.0 Å². The van der Waals surface area contributed by atoms with Crippen LogP contribution in [0.25, 0.3) is 0 Å². The fourth-order valence-electron chi connectivity index (χ4n) is 2.80. The SMILES string of the molecule is Cc1ccc(S(=O)(=O)Nc2ccc(C(=O)NCCSCc3c(Cl)cccc3Cl)cc2)cc1. The van der Waals surface area contributed by atoms with Gasteiger partial charge in [0.25, 0.3) is 15.9 Å². The number of carbonyl (C=O) groups excluding carboxylic acids is 1. The summed E-state index contributed by atoms with van der Waals surface area (Å²) in [5, 5.41) is 4.11. The fraction of sp³-hybridized carbons (Fsp3) is 0.174. The molecule has 5 nitrogen and oxygen atoms in total. The number of thioether (sulfide) groups is 1. The van der Waals surface area contributed by atoms with E-state index in [9.17, 15) is 13.2 Å². The Hall–Kier alpha value is -2.19. The number of hydrogen-bond donors (Lipinski definition) is 2. The van der Waals surface area contributed by atoms with Crippen molar-refractivity contribution in [2.45, 2.75) is 17.6 Å². The maximum Gasteiger partial charge on any atom is 0.261 e. The van der Waals surface area contributed by atoms with E-state index < -0.39 is 10.0 Å². The highest BCUT2D eigenvalue weighted by Gasteiger charge is 2.14. The number of benzene rings is 3. The topological polar surface area (TPSA) is 75.3 Å². The number of aryl methyl sites for hydroxylation is 1. The summed E-state index contributed by atoms with van der Waals surface area (Å²) >= 11 is 13.9. The zero-order valence-electron chi connectivity index (χ0n) is 17.3. The molecule has 9 heteroatoms. The van der Waals surface area contributed by atoms with Crippen molar-refractivity contribution in [1.29, 1.82) is 0 Å². The maximum absolute atomic E-state index is 12.5. The molecule has 0 heterocycles. The van der Waals surface area contributed by atoms with E-state index in [1.54, 1.807) is 78.5 Å². The molecule has 0 fully saturated rings. The van der Waals surface area contributed by atoms with Crippen LogP contribution in [0.4, 0.5) is 5.69 Å². The summed E-state index contributed by atoms with van der Waals surface area (Å²) < 4.78 is 27.5. The molecule has 0 aliphatic carbocycles. The lowest BCUT2D eigenvalue weighted by Crippen LogP contribution is -2.25. The first-order valence-corrected chi connectivity index (χ1v) is 13.1. The molecule has 2 N–H and O–H groups in total. The number of anilines is 1. The molecular formula is C23H22Cl2N2O3S2. The van der Waals surface area contributed by atoms with Crippen LogP contribution in [-0.2, 0) is 15.8 Å². The lowest BCUT2D eigenvalue weighted by atomic mass is 10.2. The quantitative estimate of drug-likeness (QED) is 0.360. The lowest BCUT2D eigenvalue weighted by molar-refractivity contribution is 0.0956. The first-order chi connectivity index (χ1) is 15.3. The molecule has 3 rings (SSSR count). The summed E-state index contributed by atoms with van der Waals surface area (Å²) in [5.41, 5.74) is 2.69. The van der Waals surface area contributed by atoms with Crippen molar-refractivity contribution in [3.05, 3.63) is 93.5 Å². The van der Waals surface area contributed by atoms with E-state index in [1.165, 1.54) is 0 Å². The second-order valence-corrected chi connectivity index (χ2v) is 10.6. The van der Waals surface area contributed by atoms with Crippen LogP contribution in [0.1, 0.15) is 21.5 Å². The second kappa shape index (κ2) is 11.1. The van der Waals surface area contributed by atoms with E-state index >= 15 is 0 Å². The van der Waals surface area contributed by atoms with Gasteiger partial charge >= 0.3 is 0 Å². The summed E-state index contributed by atoms with van der Waals surface area (Å²) in [6.45, 7) is 2.37. The Kier molecular flexibility index (Phi) is 8.48. The van der Waals surface area contributed by atoms with Crippen LogP contribution in [0.5, 0.6) is 0 Å². The van der Waals surface area contributed by atoms with Crippen LogP contribution in [0.15, 0.2) is 71.6 Å². The standard InChI is InChI=1S/C23H22Cl2N2O3S2/c1-16-5-11-19(12-6-16)32(29,30)27-18-9-7-17(8-10-18)23(28)26-13-14-31-15-20-21(24)3-2-4-22(20)25/h2-12,27H,13-15H2,1H3,(H,26,28). The normalized spacial score (nSPS) is 11.2. The number of halogens is 2. The van der Waals surface area contributed by atoms with Gasteiger partial charge in [-0.2, -0.15) is 11.8 Å². The van der Waals surface area contributed by atoms with E-state index in [2.05, 4.69) is 10.0 Å². The Morgan fingerprint density at radius 1 is 0.938 bits per heavy atom. The number of nitrogens with one attached hydrogen (secondary N) is 2. The van der Waals surface area contributed by atoms with Gasteiger partial charge in [-0.25, -0.2) is 8.42 Å². The summed E-state index contributed by atoms with van der Waals surface area (Å²) in [5.74, 6) is 1.13. The molecule has 0 atom stereocenters. The highest BCUT2D eigenvalue weighted by atomic mass is 35.5. The first kappa shape index (κ1) is 24.5. The smallest absolute Gasteiger partial charge is 0.261 e. The number of hydrogen-bond acceptors (Lipinski definition) is 4. The number of rotatable bonds is 9.